The molecule has 16 heavy (non-hydrogen) atoms. The summed E-state index contributed by atoms with van der Waals surface area (Å²) in [5.41, 5.74) is -1.71. The number of carboxylic acids is 2. The van der Waals surface area contributed by atoms with Crippen molar-refractivity contribution in [2.75, 3.05) is 0 Å². The molecule has 0 bridgehead atoms. The van der Waals surface area contributed by atoms with E-state index in [4.69, 9.17) is 10.2 Å². The monoisotopic (exact) mass is 342 g/mol. The first-order valence-electron chi connectivity index (χ1n) is 3.70. The van der Waals surface area contributed by atoms with Crippen molar-refractivity contribution < 1.29 is 30.3 Å². The Morgan fingerprint density at radius 1 is 1.06 bits per heavy atom. The molecule has 1 aromatic rings. The van der Waals surface area contributed by atoms with E-state index in [1.54, 1.807) is 0 Å². The molecule has 0 aromatic heterocycles. The smallest absolute Gasteiger partial charge is 0.342 e. The van der Waals surface area contributed by atoms with Crippen molar-refractivity contribution in [2.45, 2.75) is 0 Å². The minimum absolute atomic E-state index is 0.477. The van der Waals surface area contributed by atoms with Gasteiger partial charge < -0.3 is 10.2 Å². The molecule has 0 spiro atoms. The zero-order chi connectivity index (χ0) is 12.5. The first-order chi connectivity index (χ1) is 7.34. The van der Waals surface area contributed by atoms with E-state index in [1.807, 2.05) is 0 Å². The number of carboxylic acid groups (broad SMARTS) is 2. The molecule has 0 saturated carbocycles. The zero-order valence-corrected chi connectivity index (χ0v) is 9.60. The van der Waals surface area contributed by atoms with Crippen LogP contribution in [-0.2, 0) is 6.14 Å². The highest BCUT2D eigenvalue weighted by atomic mass is 127. The first-order valence-corrected chi connectivity index (χ1v) is 6.54. The van der Waals surface area contributed by atoms with E-state index < -0.39 is 52.2 Å². The lowest BCUT2D eigenvalue weighted by molar-refractivity contribution is 0.0694. The van der Waals surface area contributed by atoms with Crippen LogP contribution in [0.4, 0.5) is 4.39 Å². The fourth-order valence-electron chi connectivity index (χ4n) is 1.07. The second kappa shape index (κ2) is 4.51. The van der Waals surface area contributed by atoms with E-state index in [1.165, 1.54) is 0 Å². The van der Waals surface area contributed by atoms with Gasteiger partial charge in [0.15, 0.2) is 0 Å². The van der Waals surface area contributed by atoms with Crippen LogP contribution in [0.1, 0.15) is 20.7 Å². The van der Waals surface area contributed by atoms with Crippen LogP contribution in [0, 0.1) is 9.39 Å². The van der Waals surface area contributed by atoms with Gasteiger partial charge in [0.05, 0.1) is 11.1 Å². The fourth-order valence-corrected chi connectivity index (χ4v) is 2.79. The van der Waals surface area contributed by atoms with E-state index in [2.05, 4.69) is 0 Å². The Bertz CT molecular complexity index is 504. The maximum Gasteiger partial charge on any atom is 0.342 e. The van der Waals surface area contributed by atoms with Crippen LogP contribution in [0.25, 0.3) is 0 Å². The van der Waals surface area contributed by atoms with Crippen molar-refractivity contribution in [1.29, 1.82) is 0 Å². The van der Waals surface area contributed by atoms with Crippen LogP contribution in [0.15, 0.2) is 12.1 Å². The predicted octanol–water partition coefficient (Wildman–Crippen LogP) is 1.59. The molecule has 6 nitrogen and oxygen atoms in total. The van der Waals surface area contributed by atoms with Gasteiger partial charge in [-0.1, -0.05) is 0 Å². The molecule has 0 amide bonds. The van der Waals surface area contributed by atoms with Crippen LogP contribution in [0.2, 0.25) is 0 Å². The zero-order valence-electron chi connectivity index (χ0n) is 7.44. The van der Waals surface area contributed by atoms with Gasteiger partial charge in [-0.25, -0.2) is 20.1 Å². The summed E-state index contributed by atoms with van der Waals surface area (Å²) in [6.45, 7) is 0. The molecule has 1 rings (SSSR count). The Labute approximate surface area is 94.8 Å². The van der Waals surface area contributed by atoms with Gasteiger partial charge in [-0.3, -0.25) is 0 Å². The molecular formula is C8H4FIO6. The second-order valence-corrected chi connectivity index (χ2v) is 4.96. The molecule has 0 fully saturated rings. The van der Waals surface area contributed by atoms with E-state index in [9.17, 15) is 20.1 Å². The third-order valence-corrected chi connectivity index (χ3v) is 3.70. The molecule has 0 aliphatic heterocycles. The van der Waals surface area contributed by atoms with Gasteiger partial charge in [-0.15, -0.1) is 0 Å². The number of halogens is 2. The molecule has 0 heterocycles. The van der Waals surface area contributed by atoms with E-state index in [0.29, 0.717) is 12.1 Å². The van der Waals surface area contributed by atoms with Crippen LogP contribution >= 0.6 is 19.8 Å². The number of benzene rings is 1. The minimum atomic E-state index is -4.34. The van der Waals surface area contributed by atoms with Crippen LogP contribution in [-0.4, -0.2) is 22.2 Å². The van der Waals surface area contributed by atoms with Gasteiger partial charge in [0.1, 0.15) is 9.39 Å². The molecular weight excluding hydrogens is 338 g/mol. The largest absolute Gasteiger partial charge is 0.478 e. The molecule has 0 aliphatic rings. The summed E-state index contributed by atoms with van der Waals surface area (Å²) in [6.07, 6.45) is 0. The molecule has 0 radical (unpaired) electrons. The second-order valence-electron chi connectivity index (χ2n) is 2.64. The number of hydrogen-bond donors (Lipinski definition) is 2. The lowest BCUT2D eigenvalue weighted by Gasteiger charge is -2.02. The number of aromatic carboxylic acids is 2. The van der Waals surface area contributed by atoms with Gasteiger partial charge in [0.2, 0.25) is 0 Å². The van der Waals surface area contributed by atoms with Crippen molar-refractivity contribution in [2.24, 2.45) is 0 Å². The topological polar surface area (TPSA) is 109 Å². The fraction of sp³-hybridized carbons (Fsp3) is 0. The van der Waals surface area contributed by atoms with E-state index >= 15 is 0 Å². The predicted molar refractivity (Wildman–Crippen MR) is 54.4 cm³/mol. The molecule has 0 saturated heterocycles. The van der Waals surface area contributed by atoms with E-state index in [0.717, 1.165) is 0 Å². The Morgan fingerprint density at radius 2 is 1.44 bits per heavy atom. The molecule has 8 heteroatoms. The number of hydrogen-bond acceptors (Lipinski definition) is 4. The Kier molecular flexibility index (Phi) is 3.52. The Balaban J connectivity index is 3.74. The summed E-state index contributed by atoms with van der Waals surface area (Å²) in [6, 6.07) is 0.953. The summed E-state index contributed by atoms with van der Waals surface area (Å²) in [7, 11) is 0. The Hall–Kier alpha value is -1.58. The summed E-state index contributed by atoms with van der Waals surface area (Å²) < 4.78 is 33.7. The third kappa shape index (κ3) is 2.32. The quantitative estimate of drug-likeness (QED) is 0.808. The van der Waals surface area contributed by atoms with Crippen molar-refractivity contribution >= 4 is 31.7 Å². The summed E-state index contributed by atoms with van der Waals surface area (Å²) in [5, 5.41) is 17.3. The number of carbonyl (C=O) groups is 2. The average molecular weight is 342 g/mol. The van der Waals surface area contributed by atoms with Crippen molar-refractivity contribution in [3.63, 3.8) is 0 Å². The summed E-state index contributed by atoms with van der Waals surface area (Å²) in [5.74, 6) is -4.49. The summed E-state index contributed by atoms with van der Waals surface area (Å²) in [4.78, 5) is 21.3. The molecule has 1 aromatic carbocycles. The normalized spacial score (nSPS) is 10.4. The highest BCUT2D eigenvalue weighted by molar-refractivity contribution is 14.2. The van der Waals surface area contributed by atoms with Gasteiger partial charge in [-0.2, -0.15) is 0 Å². The maximum atomic E-state index is 12.9. The van der Waals surface area contributed by atoms with Gasteiger partial charge >= 0.3 is 31.7 Å². The lowest BCUT2D eigenvalue weighted by atomic mass is 10.1. The molecule has 2 N–H and O–H groups in total. The minimum Gasteiger partial charge on any atom is -0.478 e. The van der Waals surface area contributed by atoms with Crippen LogP contribution in [0.3, 0.4) is 0 Å². The van der Waals surface area contributed by atoms with Gasteiger partial charge in [-0.05, 0) is 12.1 Å². The maximum absolute atomic E-state index is 12.9. The summed E-state index contributed by atoms with van der Waals surface area (Å²) >= 11 is -4.34. The first kappa shape index (κ1) is 12.5. The van der Waals surface area contributed by atoms with Gasteiger partial charge in [0.25, 0.3) is 0 Å². The standard InChI is InChI=1S/C8H4FIO6/c9-3-1-4(7(11)12)6(10(15)16)5(2-3)8(13)14/h1-2H,(H,11,12)(H,13,14). The average Bonchev–Trinajstić information content (AvgIpc) is 2.15. The molecule has 0 atom stereocenters. The van der Waals surface area contributed by atoms with Crippen molar-refractivity contribution in [3.05, 3.63) is 32.6 Å². The highest BCUT2D eigenvalue weighted by Crippen LogP contribution is 2.27. The molecule has 0 unspecified atom stereocenters. The molecule has 0 aliphatic carbocycles. The SMILES string of the molecule is O=C(O)c1cc(F)cc(C(=O)O)c1I(=O)=O. The highest BCUT2D eigenvalue weighted by Gasteiger charge is 2.23. The third-order valence-electron chi connectivity index (χ3n) is 1.65. The lowest BCUT2D eigenvalue weighted by Crippen LogP contribution is -2.09. The van der Waals surface area contributed by atoms with Crippen LogP contribution < -0.4 is 0 Å². The number of rotatable bonds is 3. The van der Waals surface area contributed by atoms with Gasteiger partial charge in [0, 0.05) is 0 Å². The van der Waals surface area contributed by atoms with Crippen molar-refractivity contribution in [1.82, 2.24) is 0 Å². The van der Waals surface area contributed by atoms with Crippen molar-refractivity contribution in [3.8, 4) is 0 Å². The van der Waals surface area contributed by atoms with Crippen LogP contribution in [0.5, 0.6) is 0 Å². The Morgan fingerprint density at radius 3 is 1.69 bits per heavy atom. The van der Waals surface area contributed by atoms with E-state index in [-0.39, 0.29) is 0 Å². The molecule has 86 valence electrons.